The van der Waals surface area contributed by atoms with Crippen molar-refractivity contribution in [2.24, 2.45) is 5.92 Å². The number of hydrogen-bond acceptors (Lipinski definition) is 4. The van der Waals surface area contributed by atoms with Gasteiger partial charge in [0.25, 0.3) is 0 Å². The van der Waals surface area contributed by atoms with Gasteiger partial charge in [-0.25, -0.2) is 0 Å². The van der Waals surface area contributed by atoms with Gasteiger partial charge in [0.2, 0.25) is 11.8 Å². The molecule has 0 aromatic carbocycles. The molecule has 1 saturated heterocycles. The molecule has 1 atom stereocenters. The SMILES string of the molecule is CN(CCNC(=O)[C@H]1CC(=O)N(Cc2ccco2)C1)C1CC1. The van der Waals surface area contributed by atoms with Crippen molar-refractivity contribution in [1.29, 1.82) is 0 Å². The normalized spacial score (nSPS) is 21.6. The maximum absolute atomic E-state index is 12.2. The second kappa shape index (κ2) is 6.52. The average molecular weight is 305 g/mol. The molecule has 1 aliphatic carbocycles. The van der Waals surface area contributed by atoms with E-state index in [4.69, 9.17) is 4.42 Å². The van der Waals surface area contributed by atoms with Crippen LogP contribution in [0.5, 0.6) is 0 Å². The van der Waals surface area contributed by atoms with E-state index < -0.39 is 0 Å². The maximum atomic E-state index is 12.2. The topological polar surface area (TPSA) is 65.8 Å². The third kappa shape index (κ3) is 3.68. The molecule has 3 rings (SSSR count). The minimum Gasteiger partial charge on any atom is -0.467 e. The van der Waals surface area contributed by atoms with Crippen molar-refractivity contribution in [2.75, 3.05) is 26.7 Å². The molecule has 1 aliphatic heterocycles. The summed E-state index contributed by atoms with van der Waals surface area (Å²) in [7, 11) is 2.09. The Labute approximate surface area is 130 Å². The summed E-state index contributed by atoms with van der Waals surface area (Å²) < 4.78 is 5.26. The monoisotopic (exact) mass is 305 g/mol. The molecular weight excluding hydrogens is 282 g/mol. The van der Waals surface area contributed by atoms with E-state index >= 15 is 0 Å². The molecule has 1 N–H and O–H groups in total. The summed E-state index contributed by atoms with van der Waals surface area (Å²) >= 11 is 0. The minimum atomic E-state index is -0.242. The lowest BCUT2D eigenvalue weighted by Gasteiger charge is -2.17. The molecule has 0 bridgehead atoms. The lowest BCUT2D eigenvalue weighted by Crippen LogP contribution is -2.38. The summed E-state index contributed by atoms with van der Waals surface area (Å²) in [4.78, 5) is 28.1. The van der Waals surface area contributed by atoms with E-state index in [1.165, 1.54) is 12.8 Å². The van der Waals surface area contributed by atoms with Crippen molar-refractivity contribution in [2.45, 2.75) is 31.8 Å². The lowest BCUT2D eigenvalue weighted by molar-refractivity contribution is -0.129. The number of nitrogens with zero attached hydrogens (tertiary/aromatic N) is 2. The van der Waals surface area contributed by atoms with Gasteiger partial charge in [-0.3, -0.25) is 9.59 Å². The summed E-state index contributed by atoms with van der Waals surface area (Å²) in [5, 5.41) is 2.96. The Morgan fingerprint density at radius 1 is 1.50 bits per heavy atom. The summed E-state index contributed by atoms with van der Waals surface area (Å²) in [6, 6.07) is 4.35. The van der Waals surface area contributed by atoms with Crippen molar-refractivity contribution in [1.82, 2.24) is 15.1 Å². The number of hydrogen-bond donors (Lipinski definition) is 1. The van der Waals surface area contributed by atoms with Gasteiger partial charge in [0, 0.05) is 32.1 Å². The van der Waals surface area contributed by atoms with Crippen LogP contribution in [0.2, 0.25) is 0 Å². The fourth-order valence-electron chi connectivity index (χ4n) is 2.89. The first-order valence-corrected chi connectivity index (χ1v) is 7.91. The smallest absolute Gasteiger partial charge is 0.225 e. The fraction of sp³-hybridized carbons (Fsp3) is 0.625. The Balaban J connectivity index is 1.42. The second-order valence-corrected chi connectivity index (χ2v) is 6.26. The molecule has 22 heavy (non-hydrogen) atoms. The molecular formula is C16H23N3O3. The van der Waals surface area contributed by atoms with Crippen LogP contribution in [0.3, 0.4) is 0 Å². The average Bonchev–Trinajstić information content (AvgIpc) is 3.12. The van der Waals surface area contributed by atoms with Gasteiger partial charge in [-0.05, 0) is 32.0 Å². The van der Waals surface area contributed by atoms with Gasteiger partial charge in [0.1, 0.15) is 5.76 Å². The van der Waals surface area contributed by atoms with Gasteiger partial charge in [0.05, 0.1) is 18.7 Å². The number of likely N-dealkylation sites (tertiary alicyclic amines) is 1. The zero-order chi connectivity index (χ0) is 15.5. The van der Waals surface area contributed by atoms with Crippen molar-refractivity contribution in [3.63, 3.8) is 0 Å². The van der Waals surface area contributed by atoms with Crippen molar-refractivity contribution < 1.29 is 14.0 Å². The molecule has 2 aliphatic rings. The third-order valence-electron chi connectivity index (χ3n) is 4.45. The molecule has 0 spiro atoms. The van der Waals surface area contributed by atoms with Crippen LogP contribution in [0.1, 0.15) is 25.0 Å². The van der Waals surface area contributed by atoms with Gasteiger partial charge in [-0.2, -0.15) is 0 Å². The zero-order valence-electron chi connectivity index (χ0n) is 13.0. The third-order valence-corrected chi connectivity index (χ3v) is 4.45. The Hall–Kier alpha value is -1.82. The molecule has 2 amide bonds. The summed E-state index contributed by atoms with van der Waals surface area (Å²) in [5.41, 5.74) is 0. The number of carbonyl (C=O) groups excluding carboxylic acids is 2. The molecule has 120 valence electrons. The highest BCUT2D eigenvalue weighted by atomic mass is 16.3. The molecule has 2 heterocycles. The summed E-state index contributed by atoms with van der Waals surface area (Å²) in [6.07, 6.45) is 4.42. The predicted molar refractivity (Wildman–Crippen MR) is 80.9 cm³/mol. The van der Waals surface area contributed by atoms with E-state index in [1.807, 2.05) is 6.07 Å². The van der Waals surface area contributed by atoms with E-state index in [-0.39, 0.29) is 17.7 Å². The predicted octanol–water partition coefficient (Wildman–Crippen LogP) is 0.839. The summed E-state index contributed by atoms with van der Waals surface area (Å²) in [5.74, 6) is 0.514. The van der Waals surface area contributed by atoms with E-state index in [1.54, 1.807) is 17.2 Å². The van der Waals surface area contributed by atoms with Crippen molar-refractivity contribution in [3.8, 4) is 0 Å². The van der Waals surface area contributed by atoms with Gasteiger partial charge >= 0.3 is 0 Å². The lowest BCUT2D eigenvalue weighted by atomic mass is 10.1. The first-order chi connectivity index (χ1) is 10.6. The number of carbonyl (C=O) groups is 2. The number of likely N-dealkylation sites (N-methyl/N-ethyl adjacent to an activating group) is 1. The highest BCUT2D eigenvalue weighted by Crippen LogP contribution is 2.24. The number of furan rings is 1. The van der Waals surface area contributed by atoms with Crippen LogP contribution in [-0.2, 0) is 16.1 Å². The minimum absolute atomic E-state index is 0.0144. The first-order valence-electron chi connectivity index (χ1n) is 7.91. The quantitative estimate of drug-likeness (QED) is 0.810. The van der Waals surface area contributed by atoms with Crippen LogP contribution in [0, 0.1) is 5.92 Å². The fourth-order valence-corrected chi connectivity index (χ4v) is 2.89. The van der Waals surface area contributed by atoms with Crippen LogP contribution >= 0.6 is 0 Å². The van der Waals surface area contributed by atoms with E-state index in [0.29, 0.717) is 32.1 Å². The standard InChI is InChI=1S/C16H23N3O3/c1-18(13-4-5-13)7-6-17-16(21)12-9-15(20)19(10-12)11-14-3-2-8-22-14/h2-3,8,12-13H,4-7,9-11H2,1H3,(H,17,21)/t12-/m0/s1. The Bertz CT molecular complexity index is 525. The van der Waals surface area contributed by atoms with Crippen LogP contribution in [0.25, 0.3) is 0 Å². The van der Waals surface area contributed by atoms with Gasteiger partial charge in [-0.15, -0.1) is 0 Å². The molecule has 6 nitrogen and oxygen atoms in total. The molecule has 2 fully saturated rings. The second-order valence-electron chi connectivity index (χ2n) is 6.26. The van der Waals surface area contributed by atoms with E-state index in [0.717, 1.165) is 12.3 Å². The summed E-state index contributed by atoms with van der Waals surface area (Å²) in [6.45, 7) is 2.44. The molecule has 0 radical (unpaired) electrons. The molecule has 6 heteroatoms. The highest BCUT2D eigenvalue weighted by molar-refractivity contribution is 5.89. The number of amides is 2. The maximum Gasteiger partial charge on any atom is 0.225 e. The van der Waals surface area contributed by atoms with E-state index in [2.05, 4.69) is 17.3 Å². The van der Waals surface area contributed by atoms with Crippen LogP contribution < -0.4 is 5.32 Å². The van der Waals surface area contributed by atoms with Crippen LogP contribution in [0.15, 0.2) is 22.8 Å². The van der Waals surface area contributed by atoms with Crippen molar-refractivity contribution >= 4 is 11.8 Å². The van der Waals surface area contributed by atoms with Gasteiger partial charge in [0.15, 0.2) is 0 Å². The molecule has 1 aromatic rings. The Kier molecular flexibility index (Phi) is 4.47. The Morgan fingerprint density at radius 2 is 2.32 bits per heavy atom. The zero-order valence-corrected chi connectivity index (χ0v) is 13.0. The largest absolute Gasteiger partial charge is 0.467 e. The Morgan fingerprint density at radius 3 is 3.00 bits per heavy atom. The van der Waals surface area contributed by atoms with E-state index in [9.17, 15) is 9.59 Å². The number of rotatable bonds is 7. The number of nitrogens with one attached hydrogen (secondary N) is 1. The van der Waals surface area contributed by atoms with Crippen LogP contribution in [0.4, 0.5) is 0 Å². The molecule has 0 unspecified atom stereocenters. The highest BCUT2D eigenvalue weighted by Gasteiger charge is 2.34. The first kappa shape index (κ1) is 15.1. The van der Waals surface area contributed by atoms with Crippen LogP contribution in [-0.4, -0.2) is 54.3 Å². The molecule has 1 saturated carbocycles. The van der Waals surface area contributed by atoms with Gasteiger partial charge in [-0.1, -0.05) is 0 Å². The molecule has 1 aromatic heterocycles. The van der Waals surface area contributed by atoms with Gasteiger partial charge < -0.3 is 19.5 Å². The van der Waals surface area contributed by atoms with Crippen molar-refractivity contribution in [3.05, 3.63) is 24.2 Å².